The molecule has 12 heteroatoms. The van der Waals surface area contributed by atoms with Crippen molar-refractivity contribution in [3.05, 3.63) is 69.7 Å². The van der Waals surface area contributed by atoms with Crippen molar-refractivity contribution in [3.8, 4) is 0 Å². The standard InChI is InChI=1S/C21H22ClN5O4S2/c1-14-6-8-15(9-7-14)33(30,31)24-13-10-18(28)25-21-27-26-19(32-21)11-12-23-20(29)16-4-2-3-5-17(16)22/h2-9,24H,10-13H2,1H3,(H,23,29)(H,25,27,28). The number of amides is 2. The van der Waals surface area contributed by atoms with E-state index >= 15 is 0 Å². The highest BCUT2D eigenvalue weighted by molar-refractivity contribution is 7.89. The minimum Gasteiger partial charge on any atom is -0.352 e. The van der Waals surface area contributed by atoms with Crippen LogP contribution >= 0.6 is 22.9 Å². The van der Waals surface area contributed by atoms with Gasteiger partial charge >= 0.3 is 0 Å². The zero-order valence-electron chi connectivity index (χ0n) is 17.7. The van der Waals surface area contributed by atoms with Crippen LogP contribution in [0.3, 0.4) is 0 Å². The molecule has 2 aromatic carbocycles. The highest BCUT2D eigenvalue weighted by Crippen LogP contribution is 2.17. The van der Waals surface area contributed by atoms with Gasteiger partial charge in [-0.2, -0.15) is 0 Å². The van der Waals surface area contributed by atoms with Crippen LogP contribution in [0.5, 0.6) is 0 Å². The molecule has 0 spiro atoms. The Labute approximate surface area is 200 Å². The maximum absolute atomic E-state index is 12.2. The monoisotopic (exact) mass is 507 g/mol. The maximum atomic E-state index is 12.2. The predicted molar refractivity (Wildman–Crippen MR) is 127 cm³/mol. The molecule has 3 aromatic rings. The van der Waals surface area contributed by atoms with Gasteiger partial charge in [0.05, 0.1) is 15.5 Å². The molecule has 0 aliphatic rings. The van der Waals surface area contributed by atoms with E-state index in [1.54, 1.807) is 36.4 Å². The van der Waals surface area contributed by atoms with Crippen molar-refractivity contribution < 1.29 is 18.0 Å². The number of hydrogen-bond acceptors (Lipinski definition) is 7. The van der Waals surface area contributed by atoms with Gasteiger partial charge < -0.3 is 10.6 Å². The molecule has 0 unspecified atom stereocenters. The largest absolute Gasteiger partial charge is 0.352 e. The Balaban J connectivity index is 1.40. The molecule has 33 heavy (non-hydrogen) atoms. The number of sulfonamides is 1. The van der Waals surface area contributed by atoms with Gasteiger partial charge in [-0.15, -0.1) is 10.2 Å². The molecule has 0 atom stereocenters. The third-order valence-corrected chi connectivity index (χ3v) is 7.14. The van der Waals surface area contributed by atoms with Crippen LogP contribution in [-0.2, 0) is 21.2 Å². The number of nitrogens with one attached hydrogen (secondary N) is 3. The first-order valence-electron chi connectivity index (χ1n) is 9.96. The van der Waals surface area contributed by atoms with Crippen molar-refractivity contribution in [2.24, 2.45) is 0 Å². The zero-order chi connectivity index (χ0) is 23.8. The molecule has 0 saturated carbocycles. The van der Waals surface area contributed by atoms with Gasteiger partial charge in [-0.3, -0.25) is 9.59 Å². The van der Waals surface area contributed by atoms with Gasteiger partial charge in [-0.05, 0) is 31.2 Å². The van der Waals surface area contributed by atoms with Crippen LogP contribution in [0.1, 0.15) is 27.3 Å². The van der Waals surface area contributed by atoms with Crippen molar-refractivity contribution >= 4 is 49.9 Å². The Kier molecular flexibility index (Phi) is 8.50. The van der Waals surface area contributed by atoms with E-state index < -0.39 is 15.9 Å². The van der Waals surface area contributed by atoms with Crippen LogP contribution in [-0.4, -0.2) is 43.5 Å². The molecule has 174 valence electrons. The summed E-state index contributed by atoms with van der Waals surface area (Å²) in [6, 6.07) is 13.2. The lowest BCUT2D eigenvalue weighted by atomic mass is 10.2. The number of aryl methyl sites for hydroxylation is 1. The second-order valence-electron chi connectivity index (χ2n) is 7.00. The number of halogens is 1. The summed E-state index contributed by atoms with van der Waals surface area (Å²) < 4.78 is 26.9. The SMILES string of the molecule is Cc1ccc(S(=O)(=O)NCCC(=O)Nc2nnc(CCNC(=O)c3ccccc3Cl)s2)cc1. The molecule has 3 N–H and O–H groups in total. The second-order valence-corrected chi connectivity index (χ2v) is 10.2. The fourth-order valence-electron chi connectivity index (χ4n) is 2.71. The number of carbonyl (C=O) groups excluding carboxylic acids is 2. The first-order chi connectivity index (χ1) is 15.7. The smallest absolute Gasteiger partial charge is 0.252 e. The number of aromatic nitrogens is 2. The van der Waals surface area contributed by atoms with Gasteiger partial charge in [0.2, 0.25) is 21.1 Å². The summed E-state index contributed by atoms with van der Waals surface area (Å²) >= 11 is 7.18. The number of nitrogens with zero attached hydrogens (tertiary/aromatic N) is 2. The number of hydrogen-bond donors (Lipinski definition) is 3. The molecule has 0 radical (unpaired) electrons. The molecular weight excluding hydrogens is 486 g/mol. The summed E-state index contributed by atoms with van der Waals surface area (Å²) in [6.45, 7) is 2.14. The van der Waals surface area contributed by atoms with E-state index in [-0.39, 0.29) is 23.8 Å². The third-order valence-electron chi connectivity index (χ3n) is 4.43. The van der Waals surface area contributed by atoms with Crippen LogP contribution in [0, 0.1) is 6.92 Å². The number of rotatable bonds is 10. The summed E-state index contributed by atoms with van der Waals surface area (Å²) in [6.07, 6.45) is 0.369. The fraction of sp³-hybridized carbons (Fsp3) is 0.238. The van der Waals surface area contributed by atoms with E-state index in [2.05, 4.69) is 25.6 Å². The first kappa shape index (κ1) is 24.8. The molecule has 0 aliphatic heterocycles. The van der Waals surface area contributed by atoms with Gasteiger partial charge in [0.25, 0.3) is 5.91 Å². The molecule has 0 fully saturated rings. The average molecular weight is 508 g/mol. The normalized spacial score (nSPS) is 11.2. The Morgan fingerprint density at radius 1 is 1.03 bits per heavy atom. The van der Waals surface area contributed by atoms with Crippen molar-refractivity contribution in [2.45, 2.75) is 24.7 Å². The molecule has 1 heterocycles. The van der Waals surface area contributed by atoms with Gasteiger partial charge in [-0.25, -0.2) is 13.1 Å². The summed E-state index contributed by atoms with van der Waals surface area (Å²) in [4.78, 5) is 24.4. The van der Waals surface area contributed by atoms with Gasteiger partial charge in [0.1, 0.15) is 5.01 Å². The molecule has 0 saturated heterocycles. The van der Waals surface area contributed by atoms with Crippen molar-refractivity contribution in [3.63, 3.8) is 0 Å². The summed E-state index contributed by atoms with van der Waals surface area (Å²) in [5, 5.41) is 14.5. The number of benzene rings is 2. The van der Waals surface area contributed by atoms with E-state index in [0.717, 1.165) is 5.56 Å². The van der Waals surface area contributed by atoms with E-state index in [4.69, 9.17) is 11.6 Å². The first-order valence-corrected chi connectivity index (χ1v) is 12.6. The van der Waals surface area contributed by atoms with Crippen LogP contribution in [0.15, 0.2) is 53.4 Å². The second kappa shape index (κ2) is 11.3. The summed E-state index contributed by atoms with van der Waals surface area (Å²) in [5.74, 6) is -0.678. The molecule has 3 rings (SSSR count). The van der Waals surface area contributed by atoms with Gasteiger partial charge in [0.15, 0.2) is 0 Å². The van der Waals surface area contributed by atoms with Crippen molar-refractivity contribution in [1.82, 2.24) is 20.2 Å². The number of anilines is 1. The Morgan fingerprint density at radius 3 is 2.48 bits per heavy atom. The molecule has 2 amide bonds. The molecule has 1 aromatic heterocycles. The minimum absolute atomic E-state index is 0.0538. The fourth-order valence-corrected chi connectivity index (χ4v) is 4.72. The summed E-state index contributed by atoms with van der Waals surface area (Å²) in [5.41, 5.74) is 1.34. The van der Waals surface area contributed by atoms with Gasteiger partial charge in [-0.1, -0.05) is 52.8 Å². The topological polar surface area (TPSA) is 130 Å². The Bertz CT molecular complexity index is 1230. The average Bonchev–Trinajstić information content (AvgIpc) is 3.21. The third kappa shape index (κ3) is 7.32. The van der Waals surface area contributed by atoms with Gasteiger partial charge in [0, 0.05) is 25.9 Å². The number of carbonyl (C=O) groups is 2. The lowest BCUT2D eigenvalue weighted by Crippen LogP contribution is -2.27. The van der Waals surface area contributed by atoms with E-state index in [1.165, 1.54) is 23.5 Å². The van der Waals surface area contributed by atoms with Crippen molar-refractivity contribution in [1.29, 1.82) is 0 Å². The van der Waals surface area contributed by atoms with Crippen LogP contribution in [0.2, 0.25) is 5.02 Å². The molecule has 0 aliphatic carbocycles. The zero-order valence-corrected chi connectivity index (χ0v) is 20.1. The van der Waals surface area contributed by atoms with E-state index in [9.17, 15) is 18.0 Å². The Morgan fingerprint density at radius 2 is 1.76 bits per heavy atom. The quantitative estimate of drug-likeness (QED) is 0.387. The predicted octanol–water partition coefficient (Wildman–Crippen LogP) is 2.78. The molecular formula is C21H22ClN5O4S2. The Hall–Kier alpha value is -2.86. The summed E-state index contributed by atoms with van der Waals surface area (Å²) in [7, 11) is -3.68. The van der Waals surface area contributed by atoms with Crippen molar-refractivity contribution in [2.75, 3.05) is 18.4 Å². The van der Waals surface area contributed by atoms with Crippen LogP contribution in [0.4, 0.5) is 5.13 Å². The maximum Gasteiger partial charge on any atom is 0.252 e. The van der Waals surface area contributed by atoms with Crippen LogP contribution in [0.25, 0.3) is 0 Å². The van der Waals surface area contributed by atoms with E-state index in [0.29, 0.717) is 33.7 Å². The van der Waals surface area contributed by atoms with E-state index in [1.807, 2.05) is 6.92 Å². The van der Waals surface area contributed by atoms with Crippen LogP contribution < -0.4 is 15.4 Å². The lowest BCUT2D eigenvalue weighted by Gasteiger charge is -2.07. The highest BCUT2D eigenvalue weighted by atomic mass is 35.5. The highest BCUT2D eigenvalue weighted by Gasteiger charge is 2.15. The minimum atomic E-state index is -3.68. The molecule has 9 nitrogen and oxygen atoms in total. The lowest BCUT2D eigenvalue weighted by molar-refractivity contribution is -0.116. The molecule has 0 bridgehead atoms.